The highest BCUT2D eigenvalue weighted by atomic mass is 32.2. The van der Waals surface area contributed by atoms with Crippen molar-refractivity contribution in [3.05, 3.63) is 53.9 Å². The van der Waals surface area contributed by atoms with Gasteiger partial charge in [0.05, 0.1) is 18.0 Å². The summed E-state index contributed by atoms with van der Waals surface area (Å²) in [4.78, 5) is 11.0. The van der Waals surface area contributed by atoms with Gasteiger partial charge in [0.25, 0.3) is 0 Å². The summed E-state index contributed by atoms with van der Waals surface area (Å²) in [5.41, 5.74) is 3.81. The third kappa shape index (κ3) is 2.59. The van der Waals surface area contributed by atoms with Gasteiger partial charge in [-0.2, -0.15) is 0 Å². The smallest absolute Gasteiger partial charge is 0.102 e. The summed E-state index contributed by atoms with van der Waals surface area (Å²) in [7, 11) is 0. The summed E-state index contributed by atoms with van der Waals surface area (Å²) in [5, 5.41) is 3.25. The highest BCUT2D eigenvalue weighted by molar-refractivity contribution is 7.98. The molecule has 0 amide bonds. The summed E-state index contributed by atoms with van der Waals surface area (Å²) in [6.45, 7) is 0.491. The Kier molecular flexibility index (Phi) is 3.80. The molecule has 0 radical (unpaired) electrons. The summed E-state index contributed by atoms with van der Waals surface area (Å²) >= 11 is 7.00. The second kappa shape index (κ2) is 5.73. The van der Waals surface area contributed by atoms with Crippen LogP contribution in [0.3, 0.4) is 0 Å². The van der Waals surface area contributed by atoms with Crippen molar-refractivity contribution in [3.63, 3.8) is 0 Å². The van der Waals surface area contributed by atoms with Crippen LogP contribution >= 0.6 is 24.0 Å². The average Bonchev–Trinajstić information content (AvgIpc) is 2.65. The molecule has 100 valence electrons. The van der Waals surface area contributed by atoms with Crippen LogP contribution in [0.5, 0.6) is 0 Å². The minimum atomic E-state index is 0.491. The normalized spacial score (nSPS) is 14.1. The van der Waals surface area contributed by atoms with Gasteiger partial charge in [-0.15, -0.1) is 11.8 Å². The third-order valence-corrected chi connectivity index (χ3v) is 4.00. The van der Waals surface area contributed by atoms with Crippen LogP contribution in [0.4, 0.5) is 5.69 Å². The fourth-order valence-corrected chi connectivity index (χ4v) is 2.72. The molecule has 0 bridgehead atoms. The molecule has 0 saturated carbocycles. The van der Waals surface area contributed by atoms with Crippen LogP contribution in [0.2, 0.25) is 0 Å². The summed E-state index contributed by atoms with van der Waals surface area (Å²) in [6, 6.07) is 12.1. The molecule has 0 fully saturated rings. The van der Waals surface area contributed by atoms with Gasteiger partial charge >= 0.3 is 0 Å². The van der Waals surface area contributed by atoms with E-state index in [0.29, 0.717) is 6.54 Å². The number of hydrogen-bond acceptors (Lipinski definition) is 4. The molecule has 3 rings (SSSR count). The molecule has 1 aromatic heterocycles. The van der Waals surface area contributed by atoms with E-state index in [1.54, 1.807) is 18.0 Å². The number of benzodiazepines with no additional fused rings is 1. The minimum absolute atomic E-state index is 0.491. The Morgan fingerprint density at radius 1 is 1.25 bits per heavy atom. The largest absolute Gasteiger partial charge is 0.348 e. The topological polar surface area (TPSA) is 37.3 Å². The number of thioether (sulfide) groups is 1. The number of benzene rings is 1. The molecule has 1 aliphatic heterocycles. The maximum absolute atomic E-state index is 5.29. The monoisotopic (exact) mass is 299 g/mol. The van der Waals surface area contributed by atoms with Gasteiger partial charge in [0, 0.05) is 22.3 Å². The summed E-state index contributed by atoms with van der Waals surface area (Å²) < 4.78 is 0. The first-order valence-corrected chi connectivity index (χ1v) is 7.85. The van der Waals surface area contributed by atoms with Gasteiger partial charge < -0.3 is 5.32 Å². The Hall–Kier alpha value is -1.72. The van der Waals surface area contributed by atoms with Crippen molar-refractivity contribution in [3.8, 4) is 0 Å². The lowest BCUT2D eigenvalue weighted by Gasteiger charge is -2.11. The summed E-state index contributed by atoms with van der Waals surface area (Å²) in [5.74, 6) is 0. The van der Waals surface area contributed by atoms with E-state index in [0.717, 1.165) is 27.6 Å². The van der Waals surface area contributed by atoms with Gasteiger partial charge in [0.2, 0.25) is 0 Å². The molecule has 2 aromatic rings. The van der Waals surface area contributed by atoms with Gasteiger partial charge in [-0.3, -0.25) is 9.98 Å². The van der Waals surface area contributed by atoms with E-state index in [2.05, 4.69) is 39.7 Å². The second-order valence-corrected chi connectivity index (χ2v) is 5.71. The Bertz CT molecular complexity index is 681. The first-order chi connectivity index (χ1) is 9.78. The molecule has 0 aliphatic carbocycles. The van der Waals surface area contributed by atoms with Gasteiger partial charge in [-0.25, -0.2) is 0 Å². The number of aromatic nitrogens is 1. The van der Waals surface area contributed by atoms with Crippen LogP contribution in [-0.4, -0.2) is 28.5 Å². The van der Waals surface area contributed by atoms with Gasteiger partial charge in [-0.05, 0) is 36.6 Å². The molecule has 20 heavy (non-hydrogen) atoms. The number of anilines is 1. The van der Waals surface area contributed by atoms with Crippen LogP contribution in [0.1, 0.15) is 11.3 Å². The molecule has 0 spiro atoms. The molecule has 2 heterocycles. The van der Waals surface area contributed by atoms with Crippen molar-refractivity contribution in [1.29, 1.82) is 0 Å². The number of aliphatic imine (C=N–C) groups is 1. The molecule has 1 aliphatic rings. The number of fused-ring (bicyclic) bond motifs is 1. The fraction of sp³-hybridized carbons (Fsp3) is 0.133. The Morgan fingerprint density at radius 2 is 2.15 bits per heavy atom. The number of pyridine rings is 1. The fourth-order valence-electron chi connectivity index (χ4n) is 2.10. The van der Waals surface area contributed by atoms with Crippen LogP contribution in [0.25, 0.3) is 0 Å². The van der Waals surface area contributed by atoms with E-state index in [-0.39, 0.29) is 0 Å². The highest BCUT2D eigenvalue weighted by Crippen LogP contribution is 2.27. The highest BCUT2D eigenvalue weighted by Gasteiger charge is 2.17. The van der Waals surface area contributed by atoms with Gasteiger partial charge in [0.15, 0.2) is 0 Å². The number of nitrogens with one attached hydrogen (secondary N) is 1. The van der Waals surface area contributed by atoms with Crippen molar-refractivity contribution < 1.29 is 0 Å². The van der Waals surface area contributed by atoms with Crippen molar-refractivity contribution >= 4 is 40.4 Å². The molecule has 0 atom stereocenters. The molecule has 1 N–H and O–H groups in total. The maximum atomic E-state index is 5.29. The first-order valence-electron chi connectivity index (χ1n) is 6.22. The zero-order valence-corrected chi connectivity index (χ0v) is 12.6. The lowest BCUT2D eigenvalue weighted by atomic mass is 10.0. The van der Waals surface area contributed by atoms with Crippen molar-refractivity contribution in [2.24, 2.45) is 4.99 Å². The molecular formula is C15H13N3S2. The number of nitrogens with zero attached hydrogens (tertiary/aromatic N) is 2. The van der Waals surface area contributed by atoms with E-state index in [1.807, 2.05) is 18.2 Å². The third-order valence-electron chi connectivity index (χ3n) is 3.04. The molecular weight excluding hydrogens is 286 g/mol. The van der Waals surface area contributed by atoms with E-state index in [1.165, 1.54) is 4.90 Å². The second-order valence-electron chi connectivity index (χ2n) is 4.34. The Morgan fingerprint density at radius 3 is 2.90 bits per heavy atom. The van der Waals surface area contributed by atoms with Gasteiger partial charge in [-0.1, -0.05) is 18.3 Å². The number of hydrogen-bond donors (Lipinski definition) is 1. The Labute approximate surface area is 127 Å². The van der Waals surface area contributed by atoms with Crippen LogP contribution < -0.4 is 5.32 Å². The van der Waals surface area contributed by atoms with Crippen LogP contribution in [0, 0.1) is 0 Å². The van der Waals surface area contributed by atoms with Crippen molar-refractivity contribution in [2.45, 2.75) is 4.90 Å². The number of rotatable bonds is 2. The predicted octanol–water partition coefficient (Wildman–Crippen LogP) is 3.39. The van der Waals surface area contributed by atoms with Crippen LogP contribution in [0.15, 0.2) is 52.5 Å². The van der Waals surface area contributed by atoms with Crippen molar-refractivity contribution in [2.75, 3.05) is 18.1 Å². The van der Waals surface area contributed by atoms with E-state index in [4.69, 9.17) is 12.2 Å². The van der Waals surface area contributed by atoms with Crippen molar-refractivity contribution in [1.82, 2.24) is 4.98 Å². The maximum Gasteiger partial charge on any atom is 0.102 e. The molecule has 5 heteroatoms. The SMILES string of the molecule is CSc1ccc2c(c1)C(c1ccccn1)=NCC(=S)N2. The summed E-state index contributed by atoms with van der Waals surface area (Å²) in [6.07, 6.45) is 3.85. The Balaban J connectivity index is 2.18. The first kappa shape index (κ1) is 13.3. The number of thiocarbonyl (C=S) groups is 1. The molecule has 1 aromatic carbocycles. The van der Waals surface area contributed by atoms with Gasteiger partial charge in [0.1, 0.15) is 4.99 Å². The van der Waals surface area contributed by atoms with E-state index in [9.17, 15) is 0 Å². The lowest BCUT2D eigenvalue weighted by molar-refractivity contribution is 1.25. The quantitative estimate of drug-likeness (QED) is 0.681. The minimum Gasteiger partial charge on any atom is -0.348 e. The van der Waals surface area contributed by atoms with E-state index >= 15 is 0 Å². The molecule has 0 saturated heterocycles. The zero-order valence-electron chi connectivity index (χ0n) is 11.0. The van der Waals surface area contributed by atoms with Crippen LogP contribution in [-0.2, 0) is 0 Å². The zero-order chi connectivity index (χ0) is 13.9. The standard InChI is InChI=1S/C15H13N3S2/c1-20-10-5-6-12-11(8-10)15(17-9-14(19)18-12)13-4-2-3-7-16-13/h2-8H,9H2,1H3,(H,18,19). The predicted molar refractivity (Wildman–Crippen MR) is 89.2 cm³/mol. The van der Waals surface area contributed by atoms with E-state index < -0.39 is 0 Å². The average molecular weight is 299 g/mol. The molecule has 0 unspecified atom stereocenters. The molecule has 3 nitrogen and oxygen atoms in total. The lowest BCUT2D eigenvalue weighted by Crippen LogP contribution is -2.11.